The predicted octanol–water partition coefficient (Wildman–Crippen LogP) is 3.02. The maximum atomic E-state index is 12.5. The Balaban J connectivity index is 2.30. The standard InChI is InChI=1S/C17H17ClN2O3/c1-11(17(22)23-2)15(12-6-4-3-5-7-12)20-16(21)13-8-9-19-10-14(13)18/h3-11,15H,1-2H3,(H,20,21). The van der Waals surface area contributed by atoms with E-state index in [0.717, 1.165) is 5.56 Å². The second kappa shape index (κ2) is 7.74. The molecule has 2 atom stereocenters. The monoisotopic (exact) mass is 332 g/mol. The first-order chi connectivity index (χ1) is 11.0. The predicted molar refractivity (Wildman–Crippen MR) is 87.1 cm³/mol. The lowest BCUT2D eigenvalue weighted by atomic mass is 9.94. The summed E-state index contributed by atoms with van der Waals surface area (Å²) in [6.07, 6.45) is 2.89. The molecule has 0 radical (unpaired) electrons. The van der Waals surface area contributed by atoms with Gasteiger partial charge in [0, 0.05) is 12.4 Å². The van der Waals surface area contributed by atoms with Crippen LogP contribution in [0.3, 0.4) is 0 Å². The number of esters is 1. The third-order valence-electron chi connectivity index (χ3n) is 3.54. The minimum atomic E-state index is -0.549. The third-order valence-corrected chi connectivity index (χ3v) is 3.84. The average Bonchev–Trinajstić information content (AvgIpc) is 2.59. The van der Waals surface area contributed by atoms with Crippen molar-refractivity contribution in [2.24, 2.45) is 5.92 Å². The molecule has 0 fully saturated rings. The number of ether oxygens (including phenoxy) is 1. The van der Waals surface area contributed by atoms with Crippen LogP contribution in [0.1, 0.15) is 28.9 Å². The van der Waals surface area contributed by atoms with Gasteiger partial charge in [0.15, 0.2) is 0 Å². The molecule has 23 heavy (non-hydrogen) atoms. The highest BCUT2D eigenvalue weighted by molar-refractivity contribution is 6.33. The van der Waals surface area contributed by atoms with E-state index in [2.05, 4.69) is 10.3 Å². The van der Waals surface area contributed by atoms with E-state index in [9.17, 15) is 9.59 Å². The number of pyridine rings is 1. The Hall–Kier alpha value is -2.40. The summed E-state index contributed by atoms with van der Waals surface area (Å²) in [5.74, 6) is -1.33. The maximum Gasteiger partial charge on any atom is 0.310 e. The molecule has 0 spiro atoms. The first kappa shape index (κ1) is 17.0. The number of hydrogen-bond acceptors (Lipinski definition) is 4. The van der Waals surface area contributed by atoms with Crippen LogP contribution in [0.25, 0.3) is 0 Å². The van der Waals surface area contributed by atoms with Gasteiger partial charge in [-0.15, -0.1) is 0 Å². The molecule has 1 N–H and O–H groups in total. The molecule has 0 saturated carbocycles. The van der Waals surface area contributed by atoms with E-state index >= 15 is 0 Å². The molecule has 0 aliphatic carbocycles. The van der Waals surface area contributed by atoms with E-state index in [1.165, 1.54) is 25.6 Å². The van der Waals surface area contributed by atoms with Crippen LogP contribution in [-0.4, -0.2) is 24.0 Å². The van der Waals surface area contributed by atoms with Crippen molar-refractivity contribution >= 4 is 23.5 Å². The molecule has 1 aromatic heterocycles. The normalized spacial score (nSPS) is 13.0. The SMILES string of the molecule is COC(=O)C(C)C(NC(=O)c1ccncc1Cl)c1ccccc1. The van der Waals surface area contributed by atoms with Crippen LogP contribution in [0.4, 0.5) is 0 Å². The summed E-state index contributed by atoms with van der Waals surface area (Å²) in [6.45, 7) is 1.71. The highest BCUT2D eigenvalue weighted by Crippen LogP contribution is 2.24. The topological polar surface area (TPSA) is 68.3 Å². The highest BCUT2D eigenvalue weighted by Gasteiger charge is 2.28. The first-order valence-corrected chi connectivity index (χ1v) is 7.45. The van der Waals surface area contributed by atoms with Gasteiger partial charge in [-0.2, -0.15) is 0 Å². The summed E-state index contributed by atoms with van der Waals surface area (Å²) < 4.78 is 4.80. The zero-order valence-electron chi connectivity index (χ0n) is 12.8. The Bertz CT molecular complexity index is 691. The Kier molecular flexibility index (Phi) is 5.71. The highest BCUT2D eigenvalue weighted by atomic mass is 35.5. The van der Waals surface area contributed by atoms with Gasteiger partial charge in [0.2, 0.25) is 0 Å². The molecule has 2 rings (SSSR count). The number of methoxy groups -OCH3 is 1. The molecule has 0 bridgehead atoms. The van der Waals surface area contributed by atoms with Gasteiger partial charge in [0.05, 0.1) is 29.7 Å². The lowest BCUT2D eigenvalue weighted by Gasteiger charge is -2.24. The molecular weight excluding hydrogens is 316 g/mol. The van der Waals surface area contributed by atoms with Crippen LogP contribution >= 0.6 is 11.6 Å². The lowest BCUT2D eigenvalue weighted by Crippen LogP contribution is -2.36. The van der Waals surface area contributed by atoms with Crippen molar-refractivity contribution in [2.75, 3.05) is 7.11 Å². The Morgan fingerprint density at radius 1 is 1.22 bits per heavy atom. The number of rotatable bonds is 5. The molecule has 5 nitrogen and oxygen atoms in total. The Morgan fingerprint density at radius 3 is 2.52 bits per heavy atom. The number of aromatic nitrogens is 1. The second-order valence-corrected chi connectivity index (χ2v) is 5.44. The van der Waals surface area contributed by atoms with Gasteiger partial charge in [-0.1, -0.05) is 41.9 Å². The number of carbonyl (C=O) groups excluding carboxylic acids is 2. The first-order valence-electron chi connectivity index (χ1n) is 7.07. The van der Waals surface area contributed by atoms with Crippen molar-refractivity contribution in [3.63, 3.8) is 0 Å². The van der Waals surface area contributed by atoms with Gasteiger partial charge < -0.3 is 10.1 Å². The van der Waals surface area contributed by atoms with E-state index in [4.69, 9.17) is 16.3 Å². The summed E-state index contributed by atoms with van der Waals surface area (Å²) in [7, 11) is 1.32. The van der Waals surface area contributed by atoms with Crippen molar-refractivity contribution in [3.8, 4) is 0 Å². The number of nitrogens with one attached hydrogen (secondary N) is 1. The van der Waals surface area contributed by atoms with Crippen LogP contribution < -0.4 is 5.32 Å². The largest absolute Gasteiger partial charge is 0.469 e. The molecule has 2 unspecified atom stereocenters. The Labute approximate surface area is 139 Å². The van der Waals surface area contributed by atoms with E-state index in [0.29, 0.717) is 5.56 Å². The van der Waals surface area contributed by atoms with Gasteiger partial charge in [0.25, 0.3) is 5.91 Å². The van der Waals surface area contributed by atoms with Crippen molar-refractivity contribution in [1.29, 1.82) is 0 Å². The van der Waals surface area contributed by atoms with Crippen molar-refractivity contribution in [3.05, 3.63) is 64.9 Å². The second-order valence-electron chi connectivity index (χ2n) is 5.03. The number of amides is 1. The number of nitrogens with zero attached hydrogens (tertiary/aromatic N) is 1. The molecule has 0 aliphatic heterocycles. The van der Waals surface area contributed by atoms with E-state index < -0.39 is 17.9 Å². The number of halogens is 1. The van der Waals surface area contributed by atoms with Gasteiger partial charge in [-0.3, -0.25) is 14.6 Å². The van der Waals surface area contributed by atoms with E-state index in [1.807, 2.05) is 30.3 Å². The Morgan fingerprint density at radius 2 is 1.91 bits per heavy atom. The smallest absolute Gasteiger partial charge is 0.310 e. The molecule has 2 aromatic rings. The minimum absolute atomic E-state index is 0.252. The van der Waals surface area contributed by atoms with E-state index in [-0.39, 0.29) is 10.9 Å². The number of benzene rings is 1. The van der Waals surface area contributed by atoms with Crippen molar-refractivity contribution in [1.82, 2.24) is 10.3 Å². The van der Waals surface area contributed by atoms with Crippen LogP contribution in [-0.2, 0) is 9.53 Å². The number of carbonyl (C=O) groups is 2. The van der Waals surface area contributed by atoms with Gasteiger partial charge in [-0.05, 0) is 18.6 Å². The zero-order chi connectivity index (χ0) is 16.8. The van der Waals surface area contributed by atoms with E-state index in [1.54, 1.807) is 6.92 Å². The summed E-state index contributed by atoms with van der Waals surface area (Å²) in [4.78, 5) is 28.2. The summed E-state index contributed by atoms with van der Waals surface area (Å²) in [6, 6.07) is 10.3. The molecule has 1 heterocycles. The molecule has 1 aromatic carbocycles. The van der Waals surface area contributed by atoms with Crippen LogP contribution in [0.15, 0.2) is 48.8 Å². The average molecular weight is 333 g/mol. The van der Waals surface area contributed by atoms with Crippen molar-refractivity contribution in [2.45, 2.75) is 13.0 Å². The summed E-state index contributed by atoms with van der Waals surface area (Å²) >= 11 is 6.00. The van der Waals surface area contributed by atoms with Crippen LogP contribution in [0, 0.1) is 5.92 Å². The quantitative estimate of drug-likeness (QED) is 0.855. The fraction of sp³-hybridized carbons (Fsp3) is 0.235. The van der Waals surface area contributed by atoms with Gasteiger partial charge in [0.1, 0.15) is 0 Å². The fourth-order valence-corrected chi connectivity index (χ4v) is 2.46. The van der Waals surface area contributed by atoms with Gasteiger partial charge in [-0.25, -0.2) is 0 Å². The summed E-state index contributed by atoms with van der Waals surface area (Å²) in [5, 5.41) is 3.11. The molecule has 120 valence electrons. The van der Waals surface area contributed by atoms with Gasteiger partial charge >= 0.3 is 5.97 Å². The zero-order valence-corrected chi connectivity index (χ0v) is 13.6. The molecule has 6 heteroatoms. The third kappa shape index (κ3) is 4.07. The fourth-order valence-electron chi connectivity index (χ4n) is 2.26. The van der Waals surface area contributed by atoms with Crippen LogP contribution in [0.5, 0.6) is 0 Å². The molecule has 0 saturated heterocycles. The lowest BCUT2D eigenvalue weighted by molar-refractivity contribution is -0.145. The summed E-state index contributed by atoms with van der Waals surface area (Å²) in [5.41, 5.74) is 1.11. The minimum Gasteiger partial charge on any atom is -0.469 e. The van der Waals surface area contributed by atoms with Crippen molar-refractivity contribution < 1.29 is 14.3 Å². The maximum absolute atomic E-state index is 12.5. The number of hydrogen-bond donors (Lipinski definition) is 1. The molecule has 0 aliphatic rings. The van der Waals surface area contributed by atoms with Crippen LogP contribution in [0.2, 0.25) is 5.02 Å². The molecular formula is C17H17ClN2O3. The molecule has 1 amide bonds.